The molecule has 9 nitrogen and oxygen atoms in total. The Morgan fingerprint density at radius 3 is 2.67 bits per heavy atom. The third-order valence-corrected chi connectivity index (χ3v) is 6.57. The van der Waals surface area contributed by atoms with Gasteiger partial charge in [0.15, 0.2) is 5.58 Å². The second-order valence-corrected chi connectivity index (χ2v) is 9.22. The lowest BCUT2D eigenvalue weighted by Crippen LogP contribution is -2.42. The second-order valence-electron chi connectivity index (χ2n) is 6.92. The summed E-state index contributed by atoms with van der Waals surface area (Å²) < 4.78 is 30.4. The summed E-state index contributed by atoms with van der Waals surface area (Å²) in [5.74, 6) is -0.327. The van der Waals surface area contributed by atoms with Crippen LogP contribution in [0.25, 0.3) is 11.2 Å². The number of carbonyl (C=O) groups excluding carboxylic acids is 1. The zero-order chi connectivity index (χ0) is 19.6. The van der Waals surface area contributed by atoms with Crippen molar-refractivity contribution in [1.82, 2.24) is 19.6 Å². The van der Waals surface area contributed by atoms with Gasteiger partial charge in [-0.25, -0.2) is 17.7 Å². The van der Waals surface area contributed by atoms with E-state index in [0.717, 1.165) is 10.00 Å². The number of hydrogen-bond acceptors (Lipinski definition) is 7. The summed E-state index contributed by atoms with van der Waals surface area (Å²) in [5, 5.41) is 2.73. The van der Waals surface area contributed by atoms with Gasteiger partial charge < -0.3 is 14.6 Å². The highest BCUT2D eigenvalue weighted by Gasteiger charge is 2.27. The molecule has 2 aromatic rings. The number of fused-ring (bicyclic) bond motifs is 1. The van der Waals surface area contributed by atoms with E-state index in [1.54, 1.807) is 0 Å². The van der Waals surface area contributed by atoms with Gasteiger partial charge in [-0.1, -0.05) is 0 Å². The Kier molecular flexibility index (Phi) is 5.66. The molecule has 0 atom stereocenters. The van der Waals surface area contributed by atoms with Crippen LogP contribution in [0.2, 0.25) is 0 Å². The Bertz CT molecular complexity index is 917. The molecule has 1 fully saturated rings. The van der Waals surface area contributed by atoms with Crippen LogP contribution in [0.1, 0.15) is 18.5 Å². The second kappa shape index (κ2) is 7.81. The number of nitrogens with zero attached hydrogens (tertiary/aromatic N) is 4. The van der Waals surface area contributed by atoms with Gasteiger partial charge in [0.05, 0.1) is 5.75 Å². The monoisotopic (exact) mass is 395 g/mol. The zero-order valence-electron chi connectivity index (χ0n) is 15.8. The molecule has 0 aliphatic carbocycles. The molecule has 148 valence electrons. The third-order valence-electron chi connectivity index (χ3n) is 4.73. The molecule has 0 radical (unpaired) electrons. The van der Waals surface area contributed by atoms with Crippen LogP contribution >= 0.6 is 0 Å². The molecule has 2 aromatic heterocycles. The molecule has 0 unspecified atom stereocenters. The van der Waals surface area contributed by atoms with Gasteiger partial charge in [0.25, 0.3) is 6.01 Å². The van der Waals surface area contributed by atoms with E-state index < -0.39 is 10.0 Å². The number of oxazole rings is 1. The summed E-state index contributed by atoms with van der Waals surface area (Å²) in [7, 11) is -0.338. The number of hydrogen-bond donors (Lipinski definition) is 1. The first-order chi connectivity index (χ1) is 12.8. The summed E-state index contributed by atoms with van der Waals surface area (Å²) in [5.41, 5.74) is 2.12. The van der Waals surface area contributed by atoms with Crippen LogP contribution in [-0.2, 0) is 14.8 Å². The maximum absolute atomic E-state index is 12.3. The topological polar surface area (TPSA) is 109 Å². The highest BCUT2D eigenvalue weighted by molar-refractivity contribution is 7.89. The number of piperidine rings is 1. The van der Waals surface area contributed by atoms with Crippen molar-refractivity contribution < 1.29 is 17.6 Å². The fourth-order valence-corrected chi connectivity index (χ4v) is 3.73. The normalized spacial score (nSPS) is 16.2. The molecule has 0 saturated carbocycles. The number of aromatic nitrogens is 2. The maximum Gasteiger partial charge on any atom is 0.299 e. The molecular formula is C17H25N5O4S. The zero-order valence-corrected chi connectivity index (χ0v) is 16.6. The van der Waals surface area contributed by atoms with Crippen molar-refractivity contribution in [3.63, 3.8) is 0 Å². The highest BCUT2D eigenvalue weighted by Crippen LogP contribution is 2.26. The van der Waals surface area contributed by atoms with E-state index in [2.05, 4.69) is 15.3 Å². The molecule has 10 heteroatoms. The number of anilines is 1. The number of aryl methyl sites for hydroxylation is 1. The van der Waals surface area contributed by atoms with E-state index in [1.807, 2.05) is 24.0 Å². The van der Waals surface area contributed by atoms with Crippen molar-refractivity contribution in [2.24, 2.45) is 5.92 Å². The Hall–Kier alpha value is -2.20. The van der Waals surface area contributed by atoms with Crippen molar-refractivity contribution in [3.8, 4) is 0 Å². The first-order valence-corrected chi connectivity index (χ1v) is 10.5. The Morgan fingerprint density at radius 1 is 1.30 bits per heavy atom. The number of carbonyl (C=O) groups is 1. The van der Waals surface area contributed by atoms with E-state index in [0.29, 0.717) is 43.2 Å². The number of rotatable bonds is 6. The summed E-state index contributed by atoms with van der Waals surface area (Å²) >= 11 is 0. The van der Waals surface area contributed by atoms with Crippen LogP contribution in [0, 0.1) is 12.8 Å². The Balaban J connectivity index is 1.51. The lowest BCUT2D eigenvalue weighted by Gasteiger charge is -2.30. The largest absolute Gasteiger partial charge is 0.422 e. The Labute approximate surface area is 158 Å². The summed E-state index contributed by atoms with van der Waals surface area (Å²) in [6.45, 7) is 3.33. The van der Waals surface area contributed by atoms with Gasteiger partial charge in [-0.05, 0) is 31.9 Å². The van der Waals surface area contributed by atoms with Gasteiger partial charge in [-0.15, -0.1) is 0 Å². The SMILES string of the molecule is Cc1ccc2oc(N3CCC(C(=O)NCCS(=O)(=O)N(C)C)CC3)nc2n1. The smallest absolute Gasteiger partial charge is 0.299 e. The van der Waals surface area contributed by atoms with Gasteiger partial charge in [0.1, 0.15) is 0 Å². The van der Waals surface area contributed by atoms with Crippen molar-refractivity contribution in [2.45, 2.75) is 19.8 Å². The van der Waals surface area contributed by atoms with Gasteiger partial charge in [-0.3, -0.25) is 4.79 Å². The molecule has 0 bridgehead atoms. The number of nitrogens with one attached hydrogen (secondary N) is 1. The van der Waals surface area contributed by atoms with Crippen LogP contribution in [0.5, 0.6) is 0 Å². The van der Waals surface area contributed by atoms with E-state index in [-0.39, 0.29) is 24.1 Å². The average Bonchev–Trinajstić information content (AvgIpc) is 3.04. The summed E-state index contributed by atoms with van der Waals surface area (Å²) in [6.07, 6.45) is 1.33. The molecule has 3 heterocycles. The quantitative estimate of drug-likeness (QED) is 0.769. The summed E-state index contributed by atoms with van der Waals surface area (Å²) in [4.78, 5) is 23.1. The first kappa shape index (κ1) is 19.6. The van der Waals surface area contributed by atoms with Crippen LogP contribution in [0.4, 0.5) is 6.01 Å². The first-order valence-electron chi connectivity index (χ1n) is 8.93. The van der Waals surface area contributed by atoms with Gasteiger partial charge >= 0.3 is 0 Å². The minimum atomic E-state index is -3.30. The van der Waals surface area contributed by atoms with Crippen molar-refractivity contribution in [2.75, 3.05) is 44.4 Å². The molecule has 1 amide bonds. The fraction of sp³-hybridized carbons (Fsp3) is 0.588. The van der Waals surface area contributed by atoms with Crippen LogP contribution < -0.4 is 10.2 Å². The number of sulfonamides is 1. The molecule has 0 spiro atoms. The number of amides is 1. The van der Waals surface area contributed by atoms with E-state index in [9.17, 15) is 13.2 Å². The molecule has 1 N–H and O–H groups in total. The predicted molar refractivity (Wildman–Crippen MR) is 102 cm³/mol. The lowest BCUT2D eigenvalue weighted by atomic mass is 9.96. The number of pyridine rings is 1. The lowest BCUT2D eigenvalue weighted by molar-refractivity contribution is -0.125. The maximum atomic E-state index is 12.3. The van der Waals surface area contributed by atoms with Gasteiger partial charge in [0, 0.05) is 45.3 Å². The van der Waals surface area contributed by atoms with E-state index in [1.165, 1.54) is 14.1 Å². The Morgan fingerprint density at radius 2 is 2.00 bits per heavy atom. The fourth-order valence-electron chi connectivity index (χ4n) is 3.00. The minimum Gasteiger partial charge on any atom is -0.422 e. The van der Waals surface area contributed by atoms with Crippen LogP contribution in [0.3, 0.4) is 0 Å². The standard InChI is InChI=1S/C17H25N5O4S/c1-12-4-5-14-15(19-12)20-17(26-14)22-9-6-13(7-10-22)16(23)18-8-11-27(24,25)21(2)3/h4-5,13H,6-11H2,1-3H3,(H,18,23). The molecule has 27 heavy (non-hydrogen) atoms. The molecule has 1 aliphatic rings. The van der Waals surface area contributed by atoms with Gasteiger partial charge in [-0.2, -0.15) is 4.98 Å². The molecule has 1 aliphatic heterocycles. The summed E-state index contributed by atoms with van der Waals surface area (Å²) in [6, 6.07) is 4.26. The third kappa shape index (κ3) is 4.56. The molecular weight excluding hydrogens is 370 g/mol. The van der Waals surface area contributed by atoms with Crippen molar-refractivity contribution in [3.05, 3.63) is 17.8 Å². The van der Waals surface area contributed by atoms with Crippen molar-refractivity contribution in [1.29, 1.82) is 0 Å². The van der Waals surface area contributed by atoms with Gasteiger partial charge in [0.2, 0.25) is 21.6 Å². The minimum absolute atomic E-state index is 0.0973. The van der Waals surface area contributed by atoms with Crippen molar-refractivity contribution >= 4 is 33.2 Å². The van der Waals surface area contributed by atoms with E-state index >= 15 is 0 Å². The van der Waals surface area contributed by atoms with Crippen LogP contribution in [-0.4, -0.2) is 68.1 Å². The molecule has 0 aromatic carbocycles. The van der Waals surface area contributed by atoms with E-state index in [4.69, 9.17) is 4.42 Å². The molecule has 1 saturated heterocycles. The van der Waals surface area contributed by atoms with Crippen LogP contribution in [0.15, 0.2) is 16.5 Å². The average molecular weight is 395 g/mol. The predicted octanol–water partition coefficient (Wildman–Crippen LogP) is 0.755. The molecule has 3 rings (SSSR count). The highest BCUT2D eigenvalue weighted by atomic mass is 32.2.